The molecule has 4 heteroatoms. The van der Waals surface area contributed by atoms with Crippen molar-refractivity contribution in [1.29, 1.82) is 0 Å². The van der Waals surface area contributed by atoms with Crippen LogP contribution in [0.1, 0.15) is 35.7 Å². The number of carbonyl (C=O) groups excluding carboxylic acids is 1. The van der Waals surface area contributed by atoms with Gasteiger partial charge < -0.3 is 0 Å². The summed E-state index contributed by atoms with van der Waals surface area (Å²) in [5, 5.41) is 9.28. The molecule has 36 heavy (non-hydrogen) atoms. The fourth-order valence-electron chi connectivity index (χ4n) is 4.27. The second-order valence-electron chi connectivity index (χ2n) is 8.73. The number of nitrogens with one attached hydrogen (secondary N) is 1. The average molecular weight is 511 g/mol. The molecule has 1 amide bonds. The highest BCUT2D eigenvalue weighted by atomic mass is 32.2. The van der Waals surface area contributed by atoms with E-state index in [0.717, 1.165) is 29.6 Å². The Morgan fingerprint density at radius 3 is 1.67 bits per heavy atom. The van der Waals surface area contributed by atoms with E-state index in [1.165, 1.54) is 15.9 Å². The quantitative estimate of drug-likeness (QED) is 0.183. The van der Waals surface area contributed by atoms with Crippen LogP contribution in [0.3, 0.4) is 0 Å². The van der Waals surface area contributed by atoms with Crippen LogP contribution in [0.2, 0.25) is 0 Å². The van der Waals surface area contributed by atoms with Crippen molar-refractivity contribution >= 4 is 40.8 Å². The van der Waals surface area contributed by atoms with Crippen molar-refractivity contribution < 1.29 is 4.79 Å². The van der Waals surface area contributed by atoms with Gasteiger partial charge in [-0.25, -0.2) is 0 Å². The van der Waals surface area contributed by atoms with Crippen LogP contribution < -0.4 is 21.2 Å². The molecule has 0 aromatic heterocycles. The summed E-state index contributed by atoms with van der Waals surface area (Å²) in [5.74, 6) is 0.934. The summed E-state index contributed by atoms with van der Waals surface area (Å²) in [6.07, 6.45) is 2.27. The van der Waals surface area contributed by atoms with Crippen molar-refractivity contribution in [3.8, 4) is 0 Å². The number of thioether (sulfide) groups is 1. The first kappa shape index (κ1) is 25.9. The zero-order valence-corrected chi connectivity index (χ0v) is 22.6. The maximum Gasteiger partial charge on any atom is 0.258 e. The molecule has 0 radical (unpaired) electrons. The normalized spacial score (nSPS) is 11.8. The third kappa shape index (κ3) is 5.81. The van der Waals surface area contributed by atoms with E-state index >= 15 is 0 Å². The van der Waals surface area contributed by atoms with E-state index in [1.807, 2.05) is 31.2 Å². The molecule has 1 N–H and O–H groups in total. The van der Waals surface area contributed by atoms with Crippen molar-refractivity contribution in [2.24, 2.45) is 0 Å². The van der Waals surface area contributed by atoms with Crippen LogP contribution in [-0.2, 0) is 0 Å². The largest absolute Gasteiger partial charge is 0.292 e. The molecule has 2 nitrogen and oxygen atoms in total. The van der Waals surface area contributed by atoms with Crippen LogP contribution >= 0.6 is 19.0 Å². The summed E-state index contributed by atoms with van der Waals surface area (Å²) < 4.78 is 0. The molecule has 0 saturated heterocycles. The Balaban J connectivity index is 1.95. The average Bonchev–Trinajstić information content (AvgIpc) is 2.93. The lowest BCUT2D eigenvalue weighted by Gasteiger charge is -2.29. The smallest absolute Gasteiger partial charge is 0.258 e. The second-order valence-corrected chi connectivity index (χ2v) is 13.1. The van der Waals surface area contributed by atoms with Gasteiger partial charge in [0.15, 0.2) is 12.7 Å². The number of rotatable bonds is 10. The maximum absolute atomic E-state index is 13.7. The first-order valence-corrected chi connectivity index (χ1v) is 15.3. The molecule has 4 aromatic rings. The summed E-state index contributed by atoms with van der Waals surface area (Å²) in [5.41, 5.74) is 2.77. The van der Waals surface area contributed by atoms with E-state index in [0.29, 0.717) is 5.56 Å². The summed E-state index contributed by atoms with van der Waals surface area (Å²) in [4.78, 5) is 13.7. The van der Waals surface area contributed by atoms with Crippen LogP contribution in [-0.4, -0.2) is 11.7 Å². The molecule has 0 bridgehead atoms. The summed E-state index contributed by atoms with van der Waals surface area (Å²) in [7, 11) is -2.39. The van der Waals surface area contributed by atoms with Crippen LogP contribution in [0.15, 0.2) is 126 Å². The van der Waals surface area contributed by atoms with Gasteiger partial charge in [-0.05, 0) is 67.6 Å². The zero-order valence-electron chi connectivity index (χ0n) is 20.9. The molecule has 182 valence electrons. The fourth-order valence-corrected chi connectivity index (χ4v) is 9.77. The van der Waals surface area contributed by atoms with Gasteiger partial charge in [0.2, 0.25) is 0 Å². The topological polar surface area (TPSA) is 29.1 Å². The van der Waals surface area contributed by atoms with Crippen LogP contribution in [0, 0.1) is 6.92 Å². The van der Waals surface area contributed by atoms with Crippen LogP contribution in [0.4, 0.5) is 0 Å². The maximum atomic E-state index is 13.7. The SMILES string of the molecule is CCCCS/C=C(\NC(=O)c1ccc(C)cc1)[P+](c1ccccc1)(c1ccccc1)c1ccccc1. The third-order valence-electron chi connectivity index (χ3n) is 6.16. The van der Waals surface area contributed by atoms with Crippen molar-refractivity contribution in [1.82, 2.24) is 5.32 Å². The van der Waals surface area contributed by atoms with Crippen molar-refractivity contribution in [2.45, 2.75) is 26.7 Å². The highest BCUT2D eigenvalue weighted by Gasteiger charge is 2.50. The monoisotopic (exact) mass is 510 g/mol. The van der Waals surface area contributed by atoms with E-state index in [2.05, 4.69) is 109 Å². The highest BCUT2D eigenvalue weighted by molar-refractivity contribution is 8.04. The number of benzene rings is 4. The Labute approximate surface area is 220 Å². The lowest BCUT2D eigenvalue weighted by Crippen LogP contribution is -2.38. The van der Waals surface area contributed by atoms with E-state index in [1.54, 1.807) is 11.8 Å². The highest BCUT2D eigenvalue weighted by Crippen LogP contribution is 2.61. The lowest BCUT2D eigenvalue weighted by molar-refractivity contribution is 0.0968. The molecule has 0 unspecified atom stereocenters. The summed E-state index contributed by atoms with van der Waals surface area (Å²) in [6, 6.07) is 39.8. The van der Waals surface area contributed by atoms with Crippen LogP contribution in [0.5, 0.6) is 0 Å². The Morgan fingerprint density at radius 1 is 0.750 bits per heavy atom. The van der Waals surface area contributed by atoms with Gasteiger partial charge in [0.05, 0.1) is 0 Å². The van der Waals surface area contributed by atoms with Crippen molar-refractivity contribution in [3.63, 3.8) is 0 Å². The van der Waals surface area contributed by atoms with Gasteiger partial charge in [0.25, 0.3) is 5.91 Å². The molecule has 4 rings (SSSR count). The predicted molar refractivity (Wildman–Crippen MR) is 159 cm³/mol. The van der Waals surface area contributed by atoms with Gasteiger partial charge >= 0.3 is 0 Å². The molecule has 0 fully saturated rings. The Morgan fingerprint density at radius 2 is 1.22 bits per heavy atom. The second kappa shape index (κ2) is 12.7. The first-order chi connectivity index (χ1) is 17.7. The van der Waals surface area contributed by atoms with Gasteiger partial charge in [-0.2, -0.15) is 0 Å². The summed E-state index contributed by atoms with van der Waals surface area (Å²) in [6.45, 7) is 4.24. The molecule has 0 heterocycles. The van der Waals surface area contributed by atoms with E-state index < -0.39 is 7.26 Å². The first-order valence-electron chi connectivity index (χ1n) is 12.4. The van der Waals surface area contributed by atoms with E-state index in [4.69, 9.17) is 0 Å². The van der Waals surface area contributed by atoms with Gasteiger partial charge in [0, 0.05) is 11.0 Å². The number of carbonyl (C=O) groups is 1. The molecule has 0 saturated carbocycles. The minimum Gasteiger partial charge on any atom is -0.292 e. The van der Waals surface area contributed by atoms with Gasteiger partial charge in [-0.1, -0.05) is 85.6 Å². The number of amides is 1. The molecule has 0 atom stereocenters. The van der Waals surface area contributed by atoms with Crippen molar-refractivity contribution in [2.75, 3.05) is 5.75 Å². The third-order valence-corrected chi connectivity index (χ3v) is 11.4. The molecule has 0 aliphatic carbocycles. The van der Waals surface area contributed by atoms with Crippen LogP contribution in [0.25, 0.3) is 0 Å². The standard InChI is InChI=1S/C32H32NOPS/c1-3-4-24-36-25-31(33-32(34)27-22-20-26(2)21-23-27)35(28-14-8-5-9-15-28,29-16-10-6-11-17-29)30-18-12-7-13-19-30/h5-23,25H,3-4,24H2,1-2H3/p+1/b31-25+. The van der Waals surface area contributed by atoms with E-state index in [9.17, 15) is 4.79 Å². The van der Waals surface area contributed by atoms with E-state index in [-0.39, 0.29) is 5.91 Å². The fraction of sp³-hybridized carbons (Fsp3) is 0.156. The number of hydrogen-bond donors (Lipinski definition) is 1. The Bertz CT molecular complexity index is 1180. The van der Waals surface area contributed by atoms with Crippen molar-refractivity contribution in [3.05, 3.63) is 137 Å². The molecule has 4 aromatic carbocycles. The number of unbranched alkanes of at least 4 members (excludes halogenated alkanes) is 1. The Hall–Kier alpha value is -3.13. The zero-order chi connectivity index (χ0) is 25.2. The lowest BCUT2D eigenvalue weighted by atomic mass is 10.1. The molecule has 0 aliphatic rings. The molecular weight excluding hydrogens is 477 g/mol. The summed E-state index contributed by atoms with van der Waals surface area (Å²) >= 11 is 1.79. The molecular formula is C32H33NOPS+. The van der Waals surface area contributed by atoms with Gasteiger partial charge in [-0.3, -0.25) is 10.1 Å². The number of hydrogen-bond acceptors (Lipinski definition) is 2. The van der Waals surface area contributed by atoms with Gasteiger partial charge in [-0.15, -0.1) is 11.8 Å². The molecule has 0 aliphatic heterocycles. The minimum absolute atomic E-state index is 0.0792. The van der Waals surface area contributed by atoms with Gasteiger partial charge in [0.1, 0.15) is 15.9 Å². The molecule has 0 spiro atoms. The Kier molecular flexibility index (Phi) is 9.17. The minimum atomic E-state index is -2.39. The number of aryl methyl sites for hydroxylation is 1. The predicted octanol–water partition coefficient (Wildman–Crippen LogP) is 7.05.